The van der Waals surface area contributed by atoms with Gasteiger partial charge in [0.25, 0.3) is 5.91 Å². The molecule has 3 unspecified atom stereocenters. The summed E-state index contributed by atoms with van der Waals surface area (Å²) >= 11 is 1.65. The fourth-order valence-corrected chi connectivity index (χ4v) is 3.98. The van der Waals surface area contributed by atoms with Crippen molar-refractivity contribution in [3.8, 4) is 0 Å². The molecule has 4 rings (SSSR count). The van der Waals surface area contributed by atoms with E-state index in [1.54, 1.807) is 17.5 Å². The van der Waals surface area contributed by atoms with Crippen LogP contribution in [0.15, 0.2) is 23.7 Å². The van der Waals surface area contributed by atoms with Gasteiger partial charge in [0.15, 0.2) is 0 Å². The summed E-state index contributed by atoms with van der Waals surface area (Å²) in [7, 11) is 0. The summed E-state index contributed by atoms with van der Waals surface area (Å²) in [5.41, 5.74) is 0.529. The molecule has 2 aromatic heterocycles. The highest BCUT2D eigenvalue weighted by Gasteiger charge is 2.40. The molecule has 3 heterocycles. The van der Waals surface area contributed by atoms with E-state index < -0.39 is 0 Å². The first-order chi connectivity index (χ1) is 9.29. The number of piperidine rings is 1. The molecule has 2 aromatic rings. The number of rotatable bonds is 2. The summed E-state index contributed by atoms with van der Waals surface area (Å²) in [6, 6.07) is 4.83. The highest BCUT2D eigenvalue weighted by molar-refractivity contribution is 7.17. The van der Waals surface area contributed by atoms with Crippen LogP contribution in [0.1, 0.15) is 23.3 Å². The zero-order valence-electron chi connectivity index (χ0n) is 10.4. The highest BCUT2D eigenvalue weighted by atomic mass is 32.1. The Balaban J connectivity index is 1.53. The quantitative estimate of drug-likeness (QED) is 0.877. The zero-order valence-corrected chi connectivity index (χ0v) is 11.2. The molecule has 19 heavy (non-hydrogen) atoms. The van der Waals surface area contributed by atoms with Crippen molar-refractivity contribution in [1.82, 2.24) is 15.6 Å². The smallest absolute Gasteiger partial charge is 0.270 e. The zero-order chi connectivity index (χ0) is 12.8. The maximum absolute atomic E-state index is 12.3. The lowest BCUT2D eigenvalue weighted by molar-refractivity contribution is 0.0920. The Labute approximate surface area is 115 Å². The first-order valence-corrected chi connectivity index (χ1v) is 7.55. The lowest BCUT2D eigenvalue weighted by atomic mass is 10.0. The van der Waals surface area contributed by atoms with E-state index in [1.165, 1.54) is 6.42 Å². The van der Waals surface area contributed by atoms with E-state index in [4.69, 9.17) is 0 Å². The number of pyridine rings is 1. The van der Waals surface area contributed by atoms with Crippen molar-refractivity contribution in [3.63, 3.8) is 0 Å². The first kappa shape index (κ1) is 11.4. The Hall–Kier alpha value is -1.46. The minimum Gasteiger partial charge on any atom is -0.348 e. The summed E-state index contributed by atoms with van der Waals surface area (Å²) in [5, 5.41) is 9.72. The largest absolute Gasteiger partial charge is 0.348 e. The van der Waals surface area contributed by atoms with E-state index in [-0.39, 0.29) is 5.91 Å². The molecule has 0 radical (unpaired) electrons. The van der Waals surface area contributed by atoms with Crippen LogP contribution in [-0.2, 0) is 0 Å². The average molecular weight is 273 g/mol. The molecular weight excluding hydrogens is 258 g/mol. The molecule has 3 atom stereocenters. The predicted octanol–water partition coefficient (Wildman–Crippen LogP) is 1.78. The molecule has 5 heteroatoms. The number of hydrogen-bond acceptors (Lipinski definition) is 4. The fraction of sp³-hybridized carbons (Fsp3) is 0.429. The van der Waals surface area contributed by atoms with Crippen LogP contribution in [0.25, 0.3) is 10.1 Å². The summed E-state index contributed by atoms with van der Waals surface area (Å²) < 4.78 is 1.13. The number of carbonyl (C=O) groups excluding carboxylic acids is 1. The summed E-state index contributed by atoms with van der Waals surface area (Å²) in [6.07, 6.45) is 4.04. The molecule has 1 saturated carbocycles. The van der Waals surface area contributed by atoms with Gasteiger partial charge in [-0.05, 0) is 41.7 Å². The maximum atomic E-state index is 12.3. The van der Waals surface area contributed by atoms with Crippen LogP contribution in [0, 0.1) is 5.92 Å². The minimum absolute atomic E-state index is 0.0364. The third-order valence-electron chi connectivity index (χ3n) is 4.25. The Morgan fingerprint density at radius 1 is 1.47 bits per heavy atom. The van der Waals surface area contributed by atoms with Crippen LogP contribution in [0.4, 0.5) is 0 Å². The molecule has 1 amide bonds. The molecule has 0 spiro atoms. The van der Waals surface area contributed by atoms with Crippen molar-refractivity contribution < 1.29 is 4.79 Å². The average Bonchev–Trinajstić information content (AvgIpc) is 3.13. The lowest BCUT2D eigenvalue weighted by Gasteiger charge is -2.23. The number of hydrogen-bond donors (Lipinski definition) is 2. The molecule has 2 aliphatic rings. The van der Waals surface area contributed by atoms with Crippen LogP contribution in [0.5, 0.6) is 0 Å². The van der Waals surface area contributed by atoms with Crippen LogP contribution < -0.4 is 10.6 Å². The molecule has 2 bridgehead atoms. The monoisotopic (exact) mass is 273 g/mol. The Morgan fingerprint density at radius 3 is 3.21 bits per heavy atom. The van der Waals surface area contributed by atoms with Gasteiger partial charge in [-0.1, -0.05) is 0 Å². The molecule has 98 valence electrons. The summed E-state index contributed by atoms with van der Waals surface area (Å²) in [6.45, 7) is 1.03. The Kier molecular flexibility index (Phi) is 2.56. The van der Waals surface area contributed by atoms with Crippen molar-refractivity contribution >= 4 is 27.3 Å². The van der Waals surface area contributed by atoms with E-state index in [2.05, 4.69) is 15.6 Å². The van der Waals surface area contributed by atoms with Crippen molar-refractivity contribution in [3.05, 3.63) is 29.4 Å². The van der Waals surface area contributed by atoms with E-state index >= 15 is 0 Å². The Morgan fingerprint density at radius 2 is 2.42 bits per heavy atom. The third-order valence-corrected chi connectivity index (χ3v) is 5.12. The number of thiophene rings is 1. The van der Waals surface area contributed by atoms with Crippen molar-refractivity contribution in [1.29, 1.82) is 0 Å². The van der Waals surface area contributed by atoms with E-state index in [9.17, 15) is 4.79 Å². The second kappa shape index (κ2) is 4.28. The number of nitrogens with one attached hydrogen (secondary N) is 2. The summed E-state index contributed by atoms with van der Waals surface area (Å²) in [4.78, 5) is 16.5. The SMILES string of the molecule is O=C(NC1CC2CC1CN2)c1cc2ccsc2cn1. The third kappa shape index (κ3) is 1.93. The van der Waals surface area contributed by atoms with Gasteiger partial charge in [0.05, 0.1) is 4.70 Å². The predicted molar refractivity (Wildman–Crippen MR) is 75.4 cm³/mol. The van der Waals surface area contributed by atoms with E-state index in [1.807, 2.05) is 17.5 Å². The lowest BCUT2D eigenvalue weighted by Crippen LogP contribution is -2.44. The van der Waals surface area contributed by atoms with Gasteiger partial charge in [-0.3, -0.25) is 4.79 Å². The topological polar surface area (TPSA) is 54.0 Å². The maximum Gasteiger partial charge on any atom is 0.270 e. The molecular formula is C14H15N3OS. The number of amides is 1. The summed E-state index contributed by atoms with van der Waals surface area (Å²) in [5.74, 6) is 0.560. The molecule has 4 nitrogen and oxygen atoms in total. The number of fused-ring (bicyclic) bond motifs is 3. The van der Waals surface area contributed by atoms with Crippen molar-refractivity contribution in [2.24, 2.45) is 5.92 Å². The second-order valence-corrected chi connectivity index (χ2v) is 6.39. The molecule has 1 aliphatic heterocycles. The second-order valence-electron chi connectivity index (χ2n) is 5.44. The van der Waals surface area contributed by atoms with E-state index in [0.717, 1.165) is 23.1 Å². The Bertz CT molecular complexity index is 638. The molecule has 2 fully saturated rings. The molecule has 1 saturated heterocycles. The van der Waals surface area contributed by atoms with Crippen LogP contribution in [0.2, 0.25) is 0 Å². The van der Waals surface area contributed by atoms with Gasteiger partial charge in [-0.25, -0.2) is 4.98 Å². The highest BCUT2D eigenvalue weighted by Crippen LogP contribution is 2.31. The van der Waals surface area contributed by atoms with Crippen molar-refractivity contribution in [2.75, 3.05) is 6.54 Å². The standard InChI is InChI=1S/C14H15N3OS/c18-14(17-11-5-10-3-9(11)6-15-10)12-4-8-1-2-19-13(8)7-16-12/h1-2,4,7,9-11,15H,3,5-6H2,(H,17,18). The molecule has 0 aromatic carbocycles. The van der Waals surface area contributed by atoms with Gasteiger partial charge in [-0.15, -0.1) is 11.3 Å². The number of nitrogens with zero attached hydrogens (tertiary/aromatic N) is 1. The number of carbonyl (C=O) groups is 1. The van der Waals surface area contributed by atoms with Crippen molar-refractivity contribution in [2.45, 2.75) is 24.9 Å². The van der Waals surface area contributed by atoms with Crippen LogP contribution in [0.3, 0.4) is 0 Å². The molecule has 2 N–H and O–H groups in total. The number of aromatic nitrogens is 1. The van der Waals surface area contributed by atoms with Gasteiger partial charge >= 0.3 is 0 Å². The molecule has 1 aliphatic carbocycles. The van der Waals surface area contributed by atoms with Gasteiger partial charge in [0, 0.05) is 24.8 Å². The van der Waals surface area contributed by atoms with Gasteiger partial charge in [0.2, 0.25) is 0 Å². The fourth-order valence-electron chi connectivity index (χ4n) is 3.25. The van der Waals surface area contributed by atoms with E-state index in [0.29, 0.717) is 23.7 Å². The van der Waals surface area contributed by atoms with Gasteiger partial charge < -0.3 is 10.6 Å². The van der Waals surface area contributed by atoms with Crippen LogP contribution >= 0.6 is 11.3 Å². The van der Waals surface area contributed by atoms with Crippen LogP contribution in [-0.4, -0.2) is 29.5 Å². The van der Waals surface area contributed by atoms with Gasteiger partial charge in [-0.2, -0.15) is 0 Å². The van der Waals surface area contributed by atoms with Gasteiger partial charge in [0.1, 0.15) is 5.69 Å². The normalized spacial score (nSPS) is 28.9. The first-order valence-electron chi connectivity index (χ1n) is 6.67. The minimum atomic E-state index is -0.0364.